The van der Waals surface area contributed by atoms with E-state index >= 15 is 0 Å². The van der Waals surface area contributed by atoms with Crippen LogP contribution in [0.15, 0.2) is 29.2 Å². The molecule has 3 fully saturated rings. The van der Waals surface area contributed by atoms with Crippen molar-refractivity contribution < 1.29 is 9.59 Å². The van der Waals surface area contributed by atoms with Crippen LogP contribution < -0.4 is 5.56 Å². The van der Waals surface area contributed by atoms with Crippen molar-refractivity contribution in [1.29, 1.82) is 0 Å². The van der Waals surface area contributed by atoms with Gasteiger partial charge >= 0.3 is 0 Å². The third-order valence-corrected chi connectivity index (χ3v) is 6.44. The van der Waals surface area contributed by atoms with E-state index in [0.29, 0.717) is 19.0 Å². The lowest BCUT2D eigenvalue weighted by atomic mass is 9.77. The van der Waals surface area contributed by atoms with E-state index in [1.165, 1.54) is 29.9 Å². The van der Waals surface area contributed by atoms with Crippen LogP contribution in [0, 0.1) is 11.3 Å². The molecular formula is C20H27N3O3. The number of rotatable bonds is 4. The maximum absolute atomic E-state index is 13.1. The second-order valence-corrected chi connectivity index (χ2v) is 8.16. The predicted octanol–water partition coefficient (Wildman–Crippen LogP) is 1.49. The summed E-state index contributed by atoms with van der Waals surface area (Å²) in [6, 6.07) is 4.89. The Balaban J connectivity index is 1.41. The van der Waals surface area contributed by atoms with Gasteiger partial charge < -0.3 is 14.4 Å². The van der Waals surface area contributed by atoms with Gasteiger partial charge in [0.1, 0.15) is 6.54 Å². The number of hydrogen-bond acceptors (Lipinski definition) is 3. The number of pyridine rings is 1. The third kappa shape index (κ3) is 3.17. The van der Waals surface area contributed by atoms with Crippen LogP contribution in [-0.4, -0.2) is 52.4 Å². The van der Waals surface area contributed by atoms with Crippen LogP contribution in [0.2, 0.25) is 0 Å². The van der Waals surface area contributed by atoms with Gasteiger partial charge in [0, 0.05) is 38.4 Å². The molecule has 26 heavy (non-hydrogen) atoms. The number of aromatic nitrogens is 1. The molecule has 1 atom stereocenters. The molecular weight excluding hydrogens is 330 g/mol. The predicted molar refractivity (Wildman–Crippen MR) is 97.5 cm³/mol. The van der Waals surface area contributed by atoms with E-state index in [1.54, 1.807) is 23.2 Å². The average molecular weight is 357 g/mol. The second-order valence-electron chi connectivity index (χ2n) is 8.16. The smallest absolute Gasteiger partial charge is 0.250 e. The standard InChI is InChI=1S/C20H27N3O3/c24-17-7-1-2-10-21(17)14-18(25)23-12-9-20(15-23)8-4-11-22(19(20)26)13-16-5-3-6-16/h1-2,7,10,16H,3-6,8-9,11-15H2/t20-/m1/s1. The maximum atomic E-state index is 13.1. The van der Waals surface area contributed by atoms with Gasteiger partial charge in [-0.05, 0) is 44.1 Å². The van der Waals surface area contributed by atoms with E-state index in [1.807, 2.05) is 0 Å². The minimum atomic E-state index is -0.390. The Morgan fingerprint density at radius 3 is 2.69 bits per heavy atom. The summed E-state index contributed by atoms with van der Waals surface area (Å²) in [4.78, 5) is 41.5. The molecule has 2 amide bonds. The van der Waals surface area contributed by atoms with Crippen LogP contribution in [0.3, 0.4) is 0 Å². The van der Waals surface area contributed by atoms with Crippen LogP contribution >= 0.6 is 0 Å². The average Bonchev–Trinajstić information content (AvgIpc) is 3.02. The summed E-state index contributed by atoms with van der Waals surface area (Å²) in [6.07, 6.45) is 8.07. The summed E-state index contributed by atoms with van der Waals surface area (Å²) in [6.45, 7) is 2.94. The van der Waals surface area contributed by atoms with Gasteiger partial charge in [-0.25, -0.2) is 0 Å². The first-order valence-corrected chi connectivity index (χ1v) is 9.80. The molecule has 0 radical (unpaired) electrons. The number of amides is 2. The van der Waals surface area contributed by atoms with E-state index in [9.17, 15) is 14.4 Å². The molecule has 1 saturated carbocycles. The molecule has 3 aliphatic rings. The first-order chi connectivity index (χ1) is 12.6. The zero-order valence-electron chi connectivity index (χ0n) is 15.2. The number of likely N-dealkylation sites (tertiary alicyclic amines) is 2. The van der Waals surface area contributed by atoms with Gasteiger partial charge in [0.25, 0.3) is 5.56 Å². The van der Waals surface area contributed by atoms with Crippen molar-refractivity contribution in [2.75, 3.05) is 26.2 Å². The zero-order valence-corrected chi connectivity index (χ0v) is 15.2. The van der Waals surface area contributed by atoms with E-state index in [2.05, 4.69) is 4.90 Å². The Kier molecular flexibility index (Phi) is 4.59. The lowest BCUT2D eigenvalue weighted by Gasteiger charge is -2.42. The van der Waals surface area contributed by atoms with Crippen molar-refractivity contribution in [3.63, 3.8) is 0 Å². The van der Waals surface area contributed by atoms with Crippen molar-refractivity contribution in [1.82, 2.24) is 14.4 Å². The number of carbonyl (C=O) groups is 2. The van der Waals surface area contributed by atoms with Gasteiger partial charge in [-0.1, -0.05) is 12.5 Å². The monoisotopic (exact) mass is 357 g/mol. The van der Waals surface area contributed by atoms with E-state index < -0.39 is 0 Å². The fraction of sp³-hybridized carbons (Fsp3) is 0.650. The third-order valence-electron chi connectivity index (χ3n) is 6.44. The van der Waals surface area contributed by atoms with E-state index in [4.69, 9.17) is 0 Å². The van der Waals surface area contributed by atoms with E-state index in [0.717, 1.165) is 32.4 Å². The van der Waals surface area contributed by atoms with Gasteiger partial charge in [0.05, 0.1) is 5.41 Å². The fourth-order valence-electron chi connectivity index (χ4n) is 4.61. The summed E-state index contributed by atoms with van der Waals surface area (Å²) in [7, 11) is 0. The van der Waals surface area contributed by atoms with Crippen molar-refractivity contribution in [2.45, 2.75) is 45.1 Å². The van der Waals surface area contributed by atoms with Crippen molar-refractivity contribution in [3.05, 3.63) is 34.7 Å². The zero-order chi connectivity index (χ0) is 18.1. The molecule has 1 spiro atoms. The molecule has 0 bridgehead atoms. The SMILES string of the molecule is O=C(Cn1ccccc1=O)N1CC[C@]2(CCCN(CC3CCC3)C2=O)C1. The Labute approximate surface area is 153 Å². The summed E-state index contributed by atoms with van der Waals surface area (Å²) in [5, 5.41) is 0. The van der Waals surface area contributed by atoms with Gasteiger partial charge in [-0.15, -0.1) is 0 Å². The summed E-state index contributed by atoms with van der Waals surface area (Å²) in [5.74, 6) is 0.861. The molecule has 3 heterocycles. The lowest BCUT2D eigenvalue weighted by Crippen LogP contribution is -2.52. The Hall–Kier alpha value is -2.11. The molecule has 6 nitrogen and oxygen atoms in total. The summed E-state index contributed by atoms with van der Waals surface area (Å²) >= 11 is 0. The van der Waals surface area contributed by atoms with Crippen LogP contribution in [0.25, 0.3) is 0 Å². The normalized spacial score (nSPS) is 26.4. The Bertz CT molecular complexity index is 755. The van der Waals surface area contributed by atoms with Crippen LogP contribution in [0.5, 0.6) is 0 Å². The molecule has 140 valence electrons. The highest BCUT2D eigenvalue weighted by molar-refractivity contribution is 5.86. The highest BCUT2D eigenvalue weighted by atomic mass is 16.2. The lowest BCUT2D eigenvalue weighted by molar-refractivity contribution is -0.147. The molecule has 2 saturated heterocycles. The highest BCUT2D eigenvalue weighted by Gasteiger charge is 2.49. The molecule has 0 N–H and O–H groups in total. The first-order valence-electron chi connectivity index (χ1n) is 9.80. The quantitative estimate of drug-likeness (QED) is 0.820. The van der Waals surface area contributed by atoms with Crippen molar-refractivity contribution in [2.24, 2.45) is 11.3 Å². The Morgan fingerprint density at radius 1 is 1.12 bits per heavy atom. The molecule has 1 aliphatic carbocycles. The Morgan fingerprint density at radius 2 is 1.96 bits per heavy atom. The van der Waals surface area contributed by atoms with Crippen molar-refractivity contribution in [3.8, 4) is 0 Å². The summed E-state index contributed by atoms with van der Waals surface area (Å²) in [5.41, 5.74) is -0.561. The maximum Gasteiger partial charge on any atom is 0.250 e. The number of nitrogens with zero attached hydrogens (tertiary/aromatic N) is 3. The fourth-order valence-corrected chi connectivity index (χ4v) is 4.61. The second kappa shape index (κ2) is 6.89. The largest absolute Gasteiger partial charge is 0.342 e. The van der Waals surface area contributed by atoms with Crippen LogP contribution in [0.1, 0.15) is 38.5 Å². The molecule has 6 heteroatoms. The molecule has 4 rings (SSSR count). The van der Waals surface area contributed by atoms with Crippen LogP contribution in [-0.2, 0) is 16.1 Å². The minimum Gasteiger partial charge on any atom is -0.342 e. The molecule has 1 aromatic heterocycles. The number of piperidine rings is 1. The van der Waals surface area contributed by atoms with Gasteiger partial charge in [0.15, 0.2) is 0 Å². The number of carbonyl (C=O) groups excluding carboxylic acids is 2. The van der Waals surface area contributed by atoms with Gasteiger partial charge in [-0.2, -0.15) is 0 Å². The topological polar surface area (TPSA) is 62.6 Å². The molecule has 2 aliphatic heterocycles. The van der Waals surface area contributed by atoms with Gasteiger partial charge in [-0.3, -0.25) is 14.4 Å². The minimum absolute atomic E-state index is 0.0513. The van der Waals surface area contributed by atoms with Crippen LogP contribution in [0.4, 0.5) is 0 Å². The summed E-state index contributed by atoms with van der Waals surface area (Å²) < 4.78 is 1.43. The van der Waals surface area contributed by atoms with E-state index in [-0.39, 0.29) is 29.3 Å². The molecule has 0 aromatic carbocycles. The highest BCUT2D eigenvalue weighted by Crippen LogP contribution is 2.41. The number of hydrogen-bond donors (Lipinski definition) is 0. The first kappa shape index (κ1) is 17.3. The molecule has 0 unspecified atom stereocenters. The van der Waals surface area contributed by atoms with Gasteiger partial charge in [0.2, 0.25) is 11.8 Å². The molecule has 1 aromatic rings. The van der Waals surface area contributed by atoms with Crippen molar-refractivity contribution >= 4 is 11.8 Å².